The van der Waals surface area contributed by atoms with Gasteiger partial charge in [-0.3, -0.25) is 4.68 Å². The van der Waals surface area contributed by atoms with Crippen molar-refractivity contribution in [2.45, 2.75) is 25.7 Å². The van der Waals surface area contributed by atoms with Gasteiger partial charge in [0.2, 0.25) is 0 Å². The Hall–Kier alpha value is -0.830. The van der Waals surface area contributed by atoms with E-state index in [2.05, 4.69) is 18.9 Å². The third kappa shape index (κ3) is 1.37. The fourth-order valence-corrected chi connectivity index (χ4v) is 1.40. The lowest BCUT2D eigenvalue weighted by molar-refractivity contribution is 0.429. The van der Waals surface area contributed by atoms with Crippen molar-refractivity contribution < 1.29 is 0 Å². The zero-order valence-electron chi connectivity index (χ0n) is 8.04. The highest BCUT2D eigenvalue weighted by Gasteiger charge is 2.25. The summed E-state index contributed by atoms with van der Waals surface area (Å²) in [6.07, 6.45) is 2.86. The van der Waals surface area contributed by atoms with E-state index in [0.29, 0.717) is 6.54 Å². The Balaban J connectivity index is 3.02. The van der Waals surface area contributed by atoms with E-state index < -0.39 is 0 Å². The fraction of sp³-hybridized carbons (Fsp3) is 0.667. The molecule has 3 nitrogen and oxygen atoms in total. The Morgan fingerprint density at radius 2 is 2.33 bits per heavy atom. The predicted octanol–water partition coefficient (Wildman–Crippen LogP) is 1.05. The first kappa shape index (κ1) is 9.26. The molecule has 1 atom stereocenters. The molecule has 12 heavy (non-hydrogen) atoms. The molecule has 3 heteroatoms. The second-order valence-electron chi connectivity index (χ2n) is 3.46. The van der Waals surface area contributed by atoms with Crippen molar-refractivity contribution in [3.8, 4) is 0 Å². The van der Waals surface area contributed by atoms with Gasteiger partial charge in [0.05, 0.1) is 0 Å². The van der Waals surface area contributed by atoms with Gasteiger partial charge in [-0.1, -0.05) is 13.8 Å². The molecule has 1 aromatic heterocycles. The smallest absolute Gasteiger partial charge is 0.0492 e. The monoisotopic (exact) mass is 167 g/mol. The van der Waals surface area contributed by atoms with E-state index >= 15 is 0 Å². The standard InChI is InChI=1S/C9H17N3/c1-4-9(2,7-10)8-5-6-11-12(8)3/h5-6H,4,7,10H2,1-3H3. The van der Waals surface area contributed by atoms with Crippen molar-refractivity contribution >= 4 is 0 Å². The Kier molecular flexibility index (Phi) is 2.52. The maximum atomic E-state index is 5.74. The van der Waals surface area contributed by atoms with E-state index in [0.717, 1.165) is 6.42 Å². The van der Waals surface area contributed by atoms with Gasteiger partial charge in [0.25, 0.3) is 0 Å². The van der Waals surface area contributed by atoms with Gasteiger partial charge in [0, 0.05) is 30.9 Å². The van der Waals surface area contributed by atoms with Crippen molar-refractivity contribution in [1.82, 2.24) is 9.78 Å². The van der Waals surface area contributed by atoms with Crippen LogP contribution in [-0.2, 0) is 12.5 Å². The molecule has 0 saturated heterocycles. The summed E-state index contributed by atoms with van der Waals surface area (Å²) in [5, 5.41) is 4.14. The number of hydrogen-bond donors (Lipinski definition) is 1. The van der Waals surface area contributed by atoms with Crippen LogP contribution in [-0.4, -0.2) is 16.3 Å². The van der Waals surface area contributed by atoms with Crippen LogP contribution in [0.1, 0.15) is 26.0 Å². The SMILES string of the molecule is CCC(C)(CN)c1ccnn1C. The summed E-state index contributed by atoms with van der Waals surface area (Å²) in [4.78, 5) is 0. The van der Waals surface area contributed by atoms with Crippen molar-refractivity contribution in [2.24, 2.45) is 12.8 Å². The number of nitrogens with zero attached hydrogens (tertiary/aromatic N) is 2. The van der Waals surface area contributed by atoms with Crippen molar-refractivity contribution in [1.29, 1.82) is 0 Å². The molecule has 1 rings (SSSR count). The largest absolute Gasteiger partial charge is 0.330 e. The molecule has 0 bridgehead atoms. The maximum absolute atomic E-state index is 5.74. The first-order valence-electron chi connectivity index (χ1n) is 4.32. The second kappa shape index (κ2) is 3.27. The predicted molar refractivity (Wildman–Crippen MR) is 49.9 cm³/mol. The number of hydrogen-bond acceptors (Lipinski definition) is 2. The van der Waals surface area contributed by atoms with Gasteiger partial charge in [-0.2, -0.15) is 5.10 Å². The normalized spacial score (nSPS) is 16.0. The van der Waals surface area contributed by atoms with Gasteiger partial charge in [-0.05, 0) is 12.5 Å². The molecule has 1 aromatic rings. The van der Waals surface area contributed by atoms with Crippen molar-refractivity contribution in [2.75, 3.05) is 6.54 Å². The topological polar surface area (TPSA) is 43.8 Å². The quantitative estimate of drug-likeness (QED) is 0.731. The first-order valence-corrected chi connectivity index (χ1v) is 4.32. The molecule has 68 valence electrons. The van der Waals surface area contributed by atoms with Gasteiger partial charge in [0.15, 0.2) is 0 Å². The summed E-state index contributed by atoms with van der Waals surface area (Å²) in [7, 11) is 1.96. The summed E-state index contributed by atoms with van der Waals surface area (Å²) < 4.78 is 1.90. The van der Waals surface area contributed by atoms with Crippen LogP contribution in [0.5, 0.6) is 0 Å². The molecule has 0 aliphatic rings. The summed E-state index contributed by atoms with van der Waals surface area (Å²) >= 11 is 0. The maximum Gasteiger partial charge on any atom is 0.0492 e. The molecular weight excluding hydrogens is 150 g/mol. The summed E-state index contributed by atoms with van der Waals surface area (Å²) in [5.74, 6) is 0. The average Bonchev–Trinajstić information content (AvgIpc) is 2.51. The molecule has 0 aliphatic carbocycles. The lowest BCUT2D eigenvalue weighted by Gasteiger charge is -2.26. The van der Waals surface area contributed by atoms with E-state index in [9.17, 15) is 0 Å². The minimum absolute atomic E-state index is 0.0747. The number of rotatable bonds is 3. The summed E-state index contributed by atoms with van der Waals surface area (Å²) in [6, 6.07) is 2.04. The van der Waals surface area contributed by atoms with E-state index in [1.807, 2.05) is 24.0 Å². The highest BCUT2D eigenvalue weighted by molar-refractivity contribution is 5.14. The summed E-state index contributed by atoms with van der Waals surface area (Å²) in [5.41, 5.74) is 7.03. The van der Waals surface area contributed by atoms with Crippen LogP contribution >= 0.6 is 0 Å². The second-order valence-corrected chi connectivity index (χ2v) is 3.46. The van der Waals surface area contributed by atoms with E-state index in [1.165, 1.54) is 5.69 Å². The van der Waals surface area contributed by atoms with Gasteiger partial charge >= 0.3 is 0 Å². The van der Waals surface area contributed by atoms with Crippen molar-refractivity contribution in [3.05, 3.63) is 18.0 Å². The molecule has 1 heterocycles. The molecule has 0 spiro atoms. The Morgan fingerprint density at radius 3 is 2.67 bits per heavy atom. The average molecular weight is 167 g/mol. The molecule has 2 N–H and O–H groups in total. The highest BCUT2D eigenvalue weighted by Crippen LogP contribution is 2.24. The van der Waals surface area contributed by atoms with E-state index in [4.69, 9.17) is 5.73 Å². The summed E-state index contributed by atoms with van der Waals surface area (Å²) in [6.45, 7) is 4.99. The van der Waals surface area contributed by atoms with Crippen LogP contribution in [0.3, 0.4) is 0 Å². The van der Waals surface area contributed by atoms with Gasteiger partial charge in [-0.15, -0.1) is 0 Å². The zero-order valence-corrected chi connectivity index (χ0v) is 8.04. The van der Waals surface area contributed by atoms with Crippen LogP contribution in [0.2, 0.25) is 0 Å². The van der Waals surface area contributed by atoms with Crippen molar-refractivity contribution in [3.63, 3.8) is 0 Å². The van der Waals surface area contributed by atoms with Crippen LogP contribution in [0.25, 0.3) is 0 Å². The molecule has 1 unspecified atom stereocenters. The molecule has 0 amide bonds. The highest BCUT2D eigenvalue weighted by atomic mass is 15.3. The Morgan fingerprint density at radius 1 is 1.67 bits per heavy atom. The number of nitrogens with two attached hydrogens (primary N) is 1. The third-order valence-electron chi connectivity index (χ3n) is 2.67. The first-order chi connectivity index (χ1) is 5.64. The minimum Gasteiger partial charge on any atom is -0.330 e. The molecule has 0 saturated carbocycles. The van der Waals surface area contributed by atoms with Crippen LogP contribution < -0.4 is 5.73 Å². The Bertz CT molecular complexity index is 248. The van der Waals surface area contributed by atoms with E-state index in [-0.39, 0.29) is 5.41 Å². The number of aromatic nitrogens is 2. The van der Waals surface area contributed by atoms with Crippen LogP contribution in [0.15, 0.2) is 12.3 Å². The molecule has 0 radical (unpaired) electrons. The fourth-order valence-electron chi connectivity index (χ4n) is 1.40. The zero-order chi connectivity index (χ0) is 9.19. The molecule has 0 fully saturated rings. The van der Waals surface area contributed by atoms with Crippen LogP contribution in [0, 0.1) is 0 Å². The third-order valence-corrected chi connectivity index (χ3v) is 2.67. The molecule has 0 aliphatic heterocycles. The lowest BCUT2D eigenvalue weighted by Crippen LogP contribution is -2.33. The Labute approximate surface area is 73.6 Å². The minimum atomic E-state index is 0.0747. The lowest BCUT2D eigenvalue weighted by atomic mass is 9.84. The van der Waals surface area contributed by atoms with Gasteiger partial charge < -0.3 is 5.73 Å². The molecular formula is C9H17N3. The number of aryl methyl sites for hydroxylation is 1. The van der Waals surface area contributed by atoms with E-state index in [1.54, 1.807) is 0 Å². The molecule has 0 aromatic carbocycles. The van der Waals surface area contributed by atoms with Gasteiger partial charge in [0.1, 0.15) is 0 Å². The van der Waals surface area contributed by atoms with Crippen LogP contribution in [0.4, 0.5) is 0 Å². The van der Waals surface area contributed by atoms with Gasteiger partial charge in [-0.25, -0.2) is 0 Å².